The van der Waals surface area contributed by atoms with E-state index in [0.29, 0.717) is 5.75 Å². The Balaban J connectivity index is 2.12. The standard InChI is InChI=1S/C17H20BrNO2/c1-11(13-8-9-17(21-3)15(18)10-13)19-12(2)14-6-4-5-7-16(14)20/h4-12,19-20H,1-3H3. The Labute approximate surface area is 134 Å². The topological polar surface area (TPSA) is 41.5 Å². The number of aromatic hydroxyl groups is 1. The van der Waals surface area contributed by atoms with E-state index in [2.05, 4.69) is 28.2 Å². The minimum Gasteiger partial charge on any atom is -0.508 e. The van der Waals surface area contributed by atoms with Gasteiger partial charge in [-0.05, 0) is 53.5 Å². The number of halogens is 1. The van der Waals surface area contributed by atoms with Gasteiger partial charge in [-0.2, -0.15) is 0 Å². The number of phenols is 1. The molecule has 0 aromatic heterocycles. The second-order valence-corrected chi connectivity index (χ2v) is 5.92. The van der Waals surface area contributed by atoms with Crippen molar-refractivity contribution in [3.63, 3.8) is 0 Å². The predicted molar refractivity (Wildman–Crippen MR) is 88.8 cm³/mol. The molecule has 0 aliphatic heterocycles. The number of benzene rings is 2. The Bertz CT molecular complexity index is 615. The van der Waals surface area contributed by atoms with Crippen molar-refractivity contribution in [2.45, 2.75) is 25.9 Å². The fourth-order valence-corrected chi connectivity index (χ4v) is 2.93. The molecule has 3 nitrogen and oxygen atoms in total. The third-order valence-corrected chi connectivity index (χ3v) is 4.20. The van der Waals surface area contributed by atoms with Crippen LogP contribution >= 0.6 is 15.9 Å². The Morgan fingerprint density at radius 1 is 1.10 bits per heavy atom. The van der Waals surface area contributed by atoms with Gasteiger partial charge in [0.05, 0.1) is 11.6 Å². The largest absolute Gasteiger partial charge is 0.508 e. The second kappa shape index (κ2) is 6.96. The van der Waals surface area contributed by atoms with Crippen LogP contribution in [0.25, 0.3) is 0 Å². The lowest BCUT2D eigenvalue weighted by atomic mass is 10.0. The molecule has 2 aromatic carbocycles. The summed E-state index contributed by atoms with van der Waals surface area (Å²) in [5.41, 5.74) is 2.06. The molecule has 0 saturated heterocycles. The molecule has 2 rings (SSSR count). The van der Waals surface area contributed by atoms with E-state index in [9.17, 15) is 5.11 Å². The number of nitrogens with one attached hydrogen (secondary N) is 1. The molecule has 0 fully saturated rings. The first kappa shape index (κ1) is 15.9. The molecule has 0 radical (unpaired) electrons. The Kier molecular flexibility index (Phi) is 5.26. The first-order valence-electron chi connectivity index (χ1n) is 6.90. The summed E-state index contributed by atoms with van der Waals surface area (Å²) >= 11 is 3.51. The molecule has 2 N–H and O–H groups in total. The highest BCUT2D eigenvalue weighted by Crippen LogP contribution is 2.30. The molecule has 0 heterocycles. The van der Waals surface area contributed by atoms with Gasteiger partial charge in [-0.1, -0.05) is 24.3 Å². The molecule has 0 saturated carbocycles. The predicted octanol–water partition coefficient (Wildman–Crippen LogP) is 4.58. The summed E-state index contributed by atoms with van der Waals surface area (Å²) in [6.07, 6.45) is 0. The number of rotatable bonds is 5. The van der Waals surface area contributed by atoms with Crippen molar-refractivity contribution >= 4 is 15.9 Å². The molecule has 0 amide bonds. The zero-order chi connectivity index (χ0) is 15.4. The Hall–Kier alpha value is -1.52. The van der Waals surface area contributed by atoms with Gasteiger partial charge in [0.2, 0.25) is 0 Å². The molecular weight excluding hydrogens is 330 g/mol. The van der Waals surface area contributed by atoms with Crippen LogP contribution in [0.3, 0.4) is 0 Å². The van der Waals surface area contributed by atoms with Crippen LogP contribution in [0.5, 0.6) is 11.5 Å². The van der Waals surface area contributed by atoms with Gasteiger partial charge in [-0.15, -0.1) is 0 Å². The average molecular weight is 350 g/mol. The van der Waals surface area contributed by atoms with Crippen molar-refractivity contribution in [1.29, 1.82) is 0 Å². The van der Waals surface area contributed by atoms with Crippen LogP contribution in [-0.2, 0) is 0 Å². The molecule has 0 aliphatic carbocycles. The number of hydrogen-bond donors (Lipinski definition) is 2. The van der Waals surface area contributed by atoms with E-state index >= 15 is 0 Å². The average Bonchev–Trinajstić information content (AvgIpc) is 2.47. The summed E-state index contributed by atoms with van der Waals surface area (Å²) in [4.78, 5) is 0. The smallest absolute Gasteiger partial charge is 0.133 e. The maximum atomic E-state index is 9.91. The number of para-hydroxylation sites is 1. The van der Waals surface area contributed by atoms with Crippen LogP contribution in [0.2, 0.25) is 0 Å². The minimum atomic E-state index is 0.0575. The van der Waals surface area contributed by atoms with Crippen LogP contribution < -0.4 is 10.1 Å². The van der Waals surface area contributed by atoms with Gasteiger partial charge < -0.3 is 15.2 Å². The summed E-state index contributed by atoms with van der Waals surface area (Å²) in [7, 11) is 1.65. The summed E-state index contributed by atoms with van der Waals surface area (Å²) in [6, 6.07) is 13.7. The lowest BCUT2D eigenvalue weighted by Crippen LogP contribution is -2.22. The van der Waals surface area contributed by atoms with Gasteiger partial charge in [0, 0.05) is 17.6 Å². The molecule has 2 atom stereocenters. The normalized spacial score (nSPS) is 13.7. The van der Waals surface area contributed by atoms with E-state index in [-0.39, 0.29) is 12.1 Å². The van der Waals surface area contributed by atoms with Crippen LogP contribution in [0.4, 0.5) is 0 Å². The van der Waals surface area contributed by atoms with Gasteiger partial charge in [0.15, 0.2) is 0 Å². The first-order valence-corrected chi connectivity index (χ1v) is 7.69. The van der Waals surface area contributed by atoms with E-state index in [0.717, 1.165) is 21.3 Å². The monoisotopic (exact) mass is 349 g/mol. The number of ether oxygens (including phenoxy) is 1. The van der Waals surface area contributed by atoms with Crippen LogP contribution in [0.1, 0.15) is 37.1 Å². The SMILES string of the molecule is COc1ccc(C(C)NC(C)c2ccccc2O)cc1Br. The van der Waals surface area contributed by atoms with E-state index in [1.165, 1.54) is 0 Å². The van der Waals surface area contributed by atoms with Crippen molar-refractivity contribution in [3.8, 4) is 11.5 Å². The van der Waals surface area contributed by atoms with Crippen molar-refractivity contribution in [2.24, 2.45) is 0 Å². The third kappa shape index (κ3) is 3.77. The highest BCUT2D eigenvalue weighted by Gasteiger charge is 2.14. The van der Waals surface area contributed by atoms with Gasteiger partial charge >= 0.3 is 0 Å². The molecule has 4 heteroatoms. The molecule has 0 aliphatic rings. The van der Waals surface area contributed by atoms with E-state index in [4.69, 9.17) is 4.74 Å². The van der Waals surface area contributed by atoms with Crippen molar-refractivity contribution < 1.29 is 9.84 Å². The molecule has 2 aromatic rings. The number of hydrogen-bond acceptors (Lipinski definition) is 3. The van der Waals surface area contributed by atoms with Gasteiger partial charge in [0.1, 0.15) is 11.5 Å². The summed E-state index contributed by atoms with van der Waals surface area (Å²) < 4.78 is 6.18. The molecule has 0 bridgehead atoms. The van der Waals surface area contributed by atoms with Gasteiger partial charge in [-0.3, -0.25) is 0 Å². The fourth-order valence-electron chi connectivity index (χ4n) is 2.37. The number of methoxy groups -OCH3 is 1. The summed E-state index contributed by atoms with van der Waals surface area (Å²) in [6.45, 7) is 4.15. The molecular formula is C17H20BrNO2. The van der Waals surface area contributed by atoms with Gasteiger partial charge in [0.25, 0.3) is 0 Å². The highest BCUT2D eigenvalue weighted by atomic mass is 79.9. The number of phenolic OH excluding ortho intramolecular Hbond substituents is 1. The third-order valence-electron chi connectivity index (χ3n) is 3.58. The van der Waals surface area contributed by atoms with Crippen molar-refractivity contribution in [2.75, 3.05) is 7.11 Å². The second-order valence-electron chi connectivity index (χ2n) is 5.06. The van der Waals surface area contributed by atoms with Crippen molar-refractivity contribution in [3.05, 3.63) is 58.1 Å². The van der Waals surface area contributed by atoms with Crippen molar-refractivity contribution in [1.82, 2.24) is 5.32 Å². The Morgan fingerprint density at radius 3 is 2.43 bits per heavy atom. The lowest BCUT2D eigenvalue weighted by molar-refractivity contribution is 0.411. The Morgan fingerprint density at radius 2 is 1.81 bits per heavy atom. The van der Waals surface area contributed by atoms with E-state index < -0.39 is 0 Å². The first-order chi connectivity index (χ1) is 10.0. The fraction of sp³-hybridized carbons (Fsp3) is 0.294. The zero-order valence-electron chi connectivity index (χ0n) is 12.4. The summed E-state index contributed by atoms with van der Waals surface area (Å²) in [5.74, 6) is 1.14. The van der Waals surface area contributed by atoms with E-state index in [1.807, 2.05) is 43.3 Å². The minimum absolute atomic E-state index is 0.0575. The zero-order valence-corrected chi connectivity index (χ0v) is 14.0. The maximum Gasteiger partial charge on any atom is 0.133 e. The van der Waals surface area contributed by atoms with Crippen LogP contribution in [0.15, 0.2) is 46.9 Å². The maximum absolute atomic E-state index is 9.91. The molecule has 21 heavy (non-hydrogen) atoms. The molecule has 0 spiro atoms. The van der Waals surface area contributed by atoms with Crippen LogP contribution in [-0.4, -0.2) is 12.2 Å². The quantitative estimate of drug-likeness (QED) is 0.830. The van der Waals surface area contributed by atoms with Crippen LogP contribution in [0, 0.1) is 0 Å². The van der Waals surface area contributed by atoms with Gasteiger partial charge in [-0.25, -0.2) is 0 Å². The van der Waals surface area contributed by atoms with E-state index in [1.54, 1.807) is 13.2 Å². The lowest BCUT2D eigenvalue weighted by Gasteiger charge is -2.22. The molecule has 2 unspecified atom stereocenters. The highest BCUT2D eigenvalue weighted by molar-refractivity contribution is 9.10. The summed E-state index contributed by atoms with van der Waals surface area (Å²) in [5, 5.41) is 13.4. The molecule has 112 valence electrons.